The topological polar surface area (TPSA) is 33.1 Å². The number of benzene rings is 2. The molecule has 0 aliphatic heterocycles. The van der Waals surface area contributed by atoms with Crippen LogP contribution < -0.4 is 0 Å². The van der Waals surface area contributed by atoms with Crippen molar-refractivity contribution >= 4 is 11.6 Å². The van der Waals surface area contributed by atoms with Gasteiger partial charge in [-0.3, -0.25) is 4.98 Å². The van der Waals surface area contributed by atoms with Gasteiger partial charge in [-0.2, -0.15) is 13.2 Å². The summed E-state index contributed by atoms with van der Waals surface area (Å²) < 4.78 is 40.6. The molecule has 0 saturated heterocycles. The molecule has 0 fully saturated rings. The van der Waals surface area contributed by atoms with Crippen LogP contribution in [0, 0.1) is 0 Å². The van der Waals surface area contributed by atoms with Crippen LogP contribution >= 0.6 is 11.6 Å². The zero-order chi connectivity index (χ0) is 18.1. The van der Waals surface area contributed by atoms with Crippen molar-refractivity contribution in [3.8, 4) is 0 Å². The molecule has 1 N–H and O–H groups in total. The van der Waals surface area contributed by atoms with E-state index < -0.39 is 17.3 Å². The summed E-state index contributed by atoms with van der Waals surface area (Å²) in [5.41, 5.74) is -2.70. The Bertz CT molecular complexity index is 866. The normalized spacial score (nSPS) is 14.1. The predicted molar refractivity (Wildman–Crippen MR) is 89.2 cm³/mol. The van der Waals surface area contributed by atoms with E-state index in [2.05, 4.69) is 4.98 Å². The molecule has 0 bridgehead atoms. The summed E-state index contributed by atoms with van der Waals surface area (Å²) in [4.78, 5) is 3.94. The van der Waals surface area contributed by atoms with Crippen LogP contribution in [0.25, 0.3) is 0 Å². The SMILES string of the molecule is OC(c1ccc(Cl)cc1)(c1cccnc1)c1ccccc1C(F)(F)F. The Balaban J connectivity index is 2.33. The molecule has 0 amide bonds. The second kappa shape index (κ2) is 6.50. The number of alkyl halides is 3. The lowest BCUT2D eigenvalue weighted by atomic mass is 9.79. The van der Waals surface area contributed by atoms with E-state index in [1.165, 1.54) is 60.9 Å². The molecule has 25 heavy (non-hydrogen) atoms. The molecular weight excluding hydrogens is 351 g/mol. The highest BCUT2D eigenvalue weighted by Gasteiger charge is 2.42. The van der Waals surface area contributed by atoms with Crippen molar-refractivity contribution in [1.29, 1.82) is 0 Å². The number of hydrogen-bond donors (Lipinski definition) is 1. The lowest BCUT2D eigenvalue weighted by Crippen LogP contribution is -2.32. The summed E-state index contributed by atoms with van der Waals surface area (Å²) in [6.45, 7) is 0. The Morgan fingerprint density at radius 3 is 2.00 bits per heavy atom. The Hall–Kier alpha value is -2.37. The first-order valence-corrected chi connectivity index (χ1v) is 7.77. The zero-order valence-corrected chi connectivity index (χ0v) is 13.6. The smallest absolute Gasteiger partial charge is 0.376 e. The van der Waals surface area contributed by atoms with Crippen molar-refractivity contribution in [1.82, 2.24) is 4.98 Å². The number of aromatic nitrogens is 1. The Morgan fingerprint density at radius 2 is 1.44 bits per heavy atom. The zero-order valence-electron chi connectivity index (χ0n) is 12.8. The molecule has 2 nitrogen and oxygen atoms in total. The number of rotatable bonds is 3. The minimum atomic E-state index is -4.61. The van der Waals surface area contributed by atoms with Crippen LogP contribution in [0.2, 0.25) is 5.02 Å². The molecule has 0 radical (unpaired) electrons. The Labute approximate surface area is 147 Å². The van der Waals surface area contributed by atoms with E-state index in [0.717, 1.165) is 6.07 Å². The van der Waals surface area contributed by atoms with E-state index in [1.807, 2.05) is 0 Å². The first kappa shape index (κ1) is 17.5. The van der Waals surface area contributed by atoms with E-state index in [1.54, 1.807) is 6.07 Å². The summed E-state index contributed by atoms with van der Waals surface area (Å²) in [5, 5.41) is 11.9. The number of hydrogen-bond acceptors (Lipinski definition) is 2. The summed E-state index contributed by atoms with van der Waals surface area (Å²) in [5.74, 6) is 0. The second-order valence-electron chi connectivity index (χ2n) is 5.50. The summed E-state index contributed by atoms with van der Waals surface area (Å²) in [7, 11) is 0. The third-order valence-electron chi connectivity index (χ3n) is 3.96. The van der Waals surface area contributed by atoms with E-state index in [0.29, 0.717) is 5.02 Å². The highest BCUT2D eigenvalue weighted by Crippen LogP contribution is 2.43. The molecule has 128 valence electrons. The largest absolute Gasteiger partial charge is 0.416 e. The van der Waals surface area contributed by atoms with Gasteiger partial charge in [0.15, 0.2) is 0 Å². The molecule has 1 unspecified atom stereocenters. The minimum absolute atomic E-state index is 0.231. The van der Waals surface area contributed by atoms with Gasteiger partial charge in [0.1, 0.15) is 5.60 Å². The van der Waals surface area contributed by atoms with Crippen LogP contribution in [0.15, 0.2) is 73.1 Å². The number of nitrogens with zero attached hydrogens (tertiary/aromatic N) is 1. The van der Waals surface area contributed by atoms with Crippen molar-refractivity contribution in [2.45, 2.75) is 11.8 Å². The van der Waals surface area contributed by atoms with E-state index in [9.17, 15) is 18.3 Å². The Kier molecular flexibility index (Phi) is 4.54. The molecule has 3 rings (SSSR count). The van der Waals surface area contributed by atoms with Crippen LogP contribution in [0.3, 0.4) is 0 Å². The van der Waals surface area contributed by atoms with Gasteiger partial charge in [-0.05, 0) is 29.8 Å². The maximum atomic E-state index is 13.5. The number of aliphatic hydroxyl groups is 1. The molecule has 6 heteroatoms. The number of pyridine rings is 1. The molecule has 3 aromatic rings. The van der Waals surface area contributed by atoms with E-state index in [4.69, 9.17) is 11.6 Å². The van der Waals surface area contributed by atoms with Gasteiger partial charge < -0.3 is 5.11 Å². The van der Waals surface area contributed by atoms with Gasteiger partial charge in [0.25, 0.3) is 0 Å². The molecular formula is C19H13ClF3NO. The van der Waals surface area contributed by atoms with Crippen LogP contribution in [-0.2, 0) is 11.8 Å². The molecule has 0 saturated carbocycles. The van der Waals surface area contributed by atoms with Crippen molar-refractivity contribution in [3.05, 3.63) is 100 Å². The van der Waals surface area contributed by atoms with Gasteiger partial charge >= 0.3 is 6.18 Å². The van der Waals surface area contributed by atoms with Gasteiger partial charge in [0.05, 0.1) is 5.56 Å². The lowest BCUT2D eigenvalue weighted by Gasteiger charge is -2.32. The monoisotopic (exact) mass is 363 g/mol. The first-order valence-electron chi connectivity index (χ1n) is 7.39. The fourth-order valence-corrected chi connectivity index (χ4v) is 2.92. The Morgan fingerprint density at radius 1 is 0.800 bits per heavy atom. The van der Waals surface area contributed by atoms with E-state index in [-0.39, 0.29) is 16.7 Å². The van der Waals surface area contributed by atoms with Crippen LogP contribution in [0.1, 0.15) is 22.3 Å². The predicted octanol–water partition coefficient (Wildman–Crippen LogP) is 5.04. The van der Waals surface area contributed by atoms with Crippen LogP contribution in [0.4, 0.5) is 13.2 Å². The number of halogens is 4. The first-order chi connectivity index (χ1) is 11.8. The van der Waals surface area contributed by atoms with Crippen molar-refractivity contribution in [2.24, 2.45) is 0 Å². The molecule has 0 spiro atoms. The van der Waals surface area contributed by atoms with Crippen LogP contribution in [0.5, 0.6) is 0 Å². The molecule has 0 aliphatic carbocycles. The highest BCUT2D eigenvalue weighted by molar-refractivity contribution is 6.30. The standard InChI is InChI=1S/C19H13ClF3NO/c20-15-9-7-13(8-10-15)18(25,14-4-3-11-24-12-14)16-5-1-2-6-17(16)19(21,22)23/h1-12,25H. The molecule has 1 heterocycles. The minimum Gasteiger partial charge on any atom is -0.376 e. The van der Waals surface area contributed by atoms with Crippen LogP contribution in [-0.4, -0.2) is 10.1 Å². The summed E-state index contributed by atoms with van der Waals surface area (Å²) >= 11 is 5.88. The van der Waals surface area contributed by atoms with Gasteiger partial charge in [-0.1, -0.05) is 48.0 Å². The maximum absolute atomic E-state index is 13.5. The fourth-order valence-electron chi connectivity index (χ4n) is 2.79. The molecule has 1 aromatic heterocycles. The van der Waals surface area contributed by atoms with Gasteiger partial charge in [0, 0.05) is 28.5 Å². The third-order valence-corrected chi connectivity index (χ3v) is 4.22. The lowest BCUT2D eigenvalue weighted by molar-refractivity contribution is -0.139. The van der Waals surface area contributed by atoms with Gasteiger partial charge in [-0.25, -0.2) is 0 Å². The highest BCUT2D eigenvalue weighted by atomic mass is 35.5. The second-order valence-corrected chi connectivity index (χ2v) is 5.94. The molecule has 2 aromatic carbocycles. The molecule has 1 atom stereocenters. The quantitative estimate of drug-likeness (QED) is 0.707. The van der Waals surface area contributed by atoms with Gasteiger partial charge in [0.2, 0.25) is 0 Å². The van der Waals surface area contributed by atoms with Crippen molar-refractivity contribution in [3.63, 3.8) is 0 Å². The average Bonchev–Trinajstić information content (AvgIpc) is 2.62. The summed E-state index contributed by atoms with van der Waals surface area (Å²) in [6, 6.07) is 14.1. The van der Waals surface area contributed by atoms with Crippen molar-refractivity contribution < 1.29 is 18.3 Å². The maximum Gasteiger partial charge on any atom is 0.416 e. The fraction of sp³-hybridized carbons (Fsp3) is 0.105. The van der Waals surface area contributed by atoms with Gasteiger partial charge in [-0.15, -0.1) is 0 Å². The average molecular weight is 364 g/mol. The molecule has 0 aliphatic rings. The summed E-state index contributed by atoms with van der Waals surface area (Å²) in [6.07, 6.45) is -1.78. The third kappa shape index (κ3) is 3.25. The van der Waals surface area contributed by atoms with Crippen molar-refractivity contribution in [2.75, 3.05) is 0 Å². The van der Waals surface area contributed by atoms with E-state index >= 15 is 0 Å².